The Morgan fingerprint density at radius 2 is 1.96 bits per heavy atom. The van der Waals surface area contributed by atoms with Gasteiger partial charge in [0.2, 0.25) is 11.8 Å². The van der Waals surface area contributed by atoms with E-state index in [-0.39, 0.29) is 24.8 Å². The first kappa shape index (κ1) is 18.7. The van der Waals surface area contributed by atoms with Crippen molar-refractivity contribution < 1.29 is 27.1 Å². The molecular weight excluding hydrogens is 340 g/mol. The first-order chi connectivity index (χ1) is 11.8. The van der Waals surface area contributed by atoms with Crippen molar-refractivity contribution in [3.63, 3.8) is 0 Å². The fourth-order valence-corrected chi connectivity index (χ4v) is 2.01. The lowest BCUT2D eigenvalue weighted by Crippen LogP contribution is -2.24. The molecule has 1 amide bonds. The lowest BCUT2D eigenvalue weighted by Gasteiger charge is -2.09. The summed E-state index contributed by atoms with van der Waals surface area (Å²) in [6, 6.07) is 8.79. The summed E-state index contributed by atoms with van der Waals surface area (Å²) >= 11 is 0. The maximum absolute atomic E-state index is 13.1. The Balaban J connectivity index is 1.82. The van der Waals surface area contributed by atoms with Gasteiger partial charge in [-0.2, -0.15) is 13.2 Å². The van der Waals surface area contributed by atoms with Gasteiger partial charge in [-0.1, -0.05) is 12.1 Å². The van der Waals surface area contributed by atoms with Crippen LogP contribution in [0, 0.1) is 5.82 Å². The lowest BCUT2D eigenvalue weighted by atomic mass is 10.1. The molecule has 0 spiro atoms. The second-order valence-corrected chi connectivity index (χ2v) is 5.30. The van der Waals surface area contributed by atoms with Crippen LogP contribution in [0.3, 0.4) is 0 Å². The first-order valence-electron chi connectivity index (χ1n) is 7.47. The highest BCUT2D eigenvalue weighted by Gasteiger charge is 2.26. The molecule has 0 saturated heterocycles. The van der Waals surface area contributed by atoms with Crippen LogP contribution in [0.15, 0.2) is 42.6 Å². The number of halogens is 4. The van der Waals surface area contributed by atoms with Gasteiger partial charge in [-0.15, -0.1) is 0 Å². The Labute approximate surface area is 141 Å². The number of alkyl halides is 3. The monoisotopic (exact) mass is 356 g/mol. The predicted octanol–water partition coefficient (Wildman–Crippen LogP) is 3.41. The van der Waals surface area contributed by atoms with Crippen molar-refractivity contribution in [3.05, 3.63) is 59.5 Å². The zero-order valence-electron chi connectivity index (χ0n) is 13.1. The summed E-state index contributed by atoms with van der Waals surface area (Å²) in [7, 11) is 0. The van der Waals surface area contributed by atoms with Gasteiger partial charge in [0.1, 0.15) is 5.82 Å². The summed E-state index contributed by atoms with van der Waals surface area (Å²) in [6.07, 6.45) is -3.94. The zero-order chi connectivity index (χ0) is 18.3. The van der Waals surface area contributed by atoms with E-state index in [9.17, 15) is 22.4 Å². The van der Waals surface area contributed by atoms with Crippen molar-refractivity contribution in [2.24, 2.45) is 0 Å². The molecule has 4 nitrogen and oxygen atoms in total. The normalized spacial score (nSPS) is 11.2. The molecule has 0 atom stereocenters. The van der Waals surface area contributed by atoms with Crippen LogP contribution in [0.1, 0.15) is 17.5 Å². The molecule has 0 aliphatic carbocycles. The summed E-state index contributed by atoms with van der Waals surface area (Å²) in [5.41, 5.74) is 1.17. The molecule has 25 heavy (non-hydrogen) atoms. The maximum atomic E-state index is 13.1. The van der Waals surface area contributed by atoms with Crippen LogP contribution < -0.4 is 10.1 Å². The predicted molar refractivity (Wildman–Crippen MR) is 82.4 cm³/mol. The molecule has 1 aromatic heterocycles. The van der Waals surface area contributed by atoms with E-state index in [0.29, 0.717) is 11.1 Å². The van der Waals surface area contributed by atoms with E-state index in [1.807, 2.05) is 0 Å². The number of aromatic nitrogens is 1. The SMILES string of the molecule is O=C(Cc1cccc(F)c1)NCc1ccnc(OCCC(F)(F)F)c1. The van der Waals surface area contributed by atoms with Crippen LogP contribution in [0.5, 0.6) is 5.88 Å². The fraction of sp³-hybridized carbons (Fsp3) is 0.294. The Hall–Kier alpha value is -2.64. The van der Waals surface area contributed by atoms with Crippen LogP contribution in [0.2, 0.25) is 0 Å². The van der Waals surface area contributed by atoms with Crippen molar-refractivity contribution in [1.82, 2.24) is 10.3 Å². The minimum absolute atomic E-state index is 0.0256. The number of rotatable bonds is 7. The van der Waals surface area contributed by atoms with Crippen molar-refractivity contribution in [2.45, 2.75) is 25.6 Å². The number of benzene rings is 1. The average Bonchev–Trinajstić information content (AvgIpc) is 2.52. The van der Waals surface area contributed by atoms with Crippen LogP contribution >= 0.6 is 0 Å². The smallest absolute Gasteiger partial charge is 0.392 e. The van der Waals surface area contributed by atoms with Gasteiger partial charge in [0.05, 0.1) is 19.4 Å². The van der Waals surface area contributed by atoms with Gasteiger partial charge < -0.3 is 10.1 Å². The molecule has 0 aliphatic rings. The van der Waals surface area contributed by atoms with Gasteiger partial charge in [0.25, 0.3) is 0 Å². The van der Waals surface area contributed by atoms with Crippen LogP contribution in [0.25, 0.3) is 0 Å². The Bertz CT molecular complexity index is 720. The molecule has 0 unspecified atom stereocenters. The molecule has 8 heteroatoms. The highest BCUT2D eigenvalue weighted by atomic mass is 19.4. The van der Waals surface area contributed by atoms with E-state index in [0.717, 1.165) is 0 Å². The summed E-state index contributed by atoms with van der Waals surface area (Å²) in [4.78, 5) is 15.7. The number of carbonyl (C=O) groups is 1. The molecule has 0 fully saturated rings. The van der Waals surface area contributed by atoms with Gasteiger partial charge in [0, 0.05) is 18.8 Å². The molecule has 2 aromatic rings. The highest BCUT2D eigenvalue weighted by Crippen LogP contribution is 2.20. The van der Waals surface area contributed by atoms with Crippen LogP contribution in [0.4, 0.5) is 17.6 Å². The number of hydrogen-bond donors (Lipinski definition) is 1. The summed E-state index contributed by atoms with van der Waals surface area (Å²) in [5.74, 6) is -0.664. The third kappa shape index (κ3) is 7.19. The Kier molecular flexibility index (Phi) is 6.32. The molecule has 2 rings (SSSR count). The topological polar surface area (TPSA) is 51.2 Å². The molecule has 134 valence electrons. The number of nitrogens with zero attached hydrogens (tertiary/aromatic N) is 1. The standard InChI is InChI=1S/C17H16F4N2O2/c18-14-3-1-2-12(8-14)9-15(24)23-11-13-4-6-22-16(10-13)25-7-5-17(19,20)21/h1-4,6,8,10H,5,7,9,11H2,(H,23,24). The summed E-state index contributed by atoms with van der Waals surface area (Å²) in [6.45, 7) is -0.363. The minimum atomic E-state index is -4.29. The zero-order valence-corrected chi connectivity index (χ0v) is 13.1. The Morgan fingerprint density at radius 1 is 1.16 bits per heavy atom. The van der Waals surface area contributed by atoms with E-state index in [1.54, 1.807) is 12.1 Å². The highest BCUT2D eigenvalue weighted by molar-refractivity contribution is 5.78. The molecule has 1 aromatic carbocycles. The van der Waals surface area contributed by atoms with Crippen molar-refractivity contribution in [3.8, 4) is 5.88 Å². The van der Waals surface area contributed by atoms with Crippen molar-refractivity contribution in [1.29, 1.82) is 0 Å². The van der Waals surface area contributed by atoms with Gasteiger partial charge in [-0.05, 0) is 29.3 Å². The van der Waals surface area contributed by atoms with Crippen LogP contribution in [-0.2, 0) is 17.8 Å². The molecule has 0 radical (unpaired) electrons. The van der Waals surface area contributed by atoms with Crippen molar-refractivity contribution in [2.75, 3.05) is 6.61 Å². The van der Waals surface area contributed by atoms with E-state index in [2.05, 4.69) is 10.3 Å². The van der Waals surface area contributed by atoms with Gasteiger partial charge in [0.15, 0.2) is 0 Å². The van der Waals surface area contributed by atoms with Gasteiger partial charge in [-0.3, -0.25) is 4.79 Å². The van der Waals surface area contributed by atoms with Crippen LogP contribution in [-0.4, -0.2) is 23.7 Å². The number of pyridine rings is 1. The number of amides is 1. The molecule has 0 aliphatic heterocycles. The molecule has 0 saturated carbocycles. The molecular formula is C17H16F4N2O2. The Morgan fingerprint density at radius 3 is 2.68 bits per heavy atom. The number of carbonyl (C=O) groups excluding carboxylic acids is 1. The minimum Gasteiger partial charge on any atom is -0.477 e. The largest absolute Gasteiger partial charge is 0.477 e. The van der Waals surface area contributed by atoms with E-state index in [4.69, 9.17) is 4.74 Å². The van der Waals surface area contributed by atoms with E-state index < -0.39 is 25.0 Å². The maximum Gasteiger partial charge on any atom is 0.392 e. The van der Waals surface area contributed by atoms with Crippen molar-refractivity contribution >= 4 is 5.91 Å². The van der Waals surface area contributed by atoms with E-state index in [1.165, 1.54) is 30.5 Å². The number of nitrogens with one attached hydrogen (secondary N) is 1. The number of hydrogen-bond acceptors (Lipinski definition) is 3. The first-order valence-corrected chi connectivity index (χ1v) is 7.47. The summed E-state index contributed by atoms with van der Waals surface area (Å²) in [5, 5.41) is 2.65. The summed E-state index contributed by atoms with van der Waals surface area (Å²) < 4.78 is 54.3. The number of ether oxygens (including phenoxy) is 1. The second-order valence-electron chi connectivity index (χ2n) is 5.30. The lowest BCUT2D eigenvalue weighted by molar-refractivity contribution is -0.139. The fourth-order valence-electron chi connectivity index (χ4n) is 2.01. The van der Waals surface area contributed by atoms with Gasteiger partial charge >= 0.3 is 6.18 Å². The molecule has 1 N–H and O–H groups in total. The molecule has 1 heterocycles. The average molecular weight is 356 g/mol. The molecule has 0 bridgehead atoms. The van der Waals surface area contributed by atoms with E-state index >= 15 is 0 Å². The van der Waals surface area contributed by atoms with Gasteiger partial charge in [-0.25, -0.2) is 9.37 Å². The third-order valence-electron chi connectivity index (χ3n) is 3.18. The quantitative estimate of drug-likeness (QED) is 0.774. The second kappa shape index (κ2) is 8.46. The third-order valence-corrected chi connectivity index (χ3v) is 3.18.